The van der Waals surface area contributed by atoms with Crippen LogP contribution in [0.5, 0.6) is 0 Å². The van der Waals surface area contributed by atoms with E-state index in [1.807, 2.05) is 0 Å². The smallest absolute Gasteiger partial charge is 0.548 e. The van der Waals surface area contributed by atoms with Crippen molar-refractivity contribution < 1.29 is 49.0 Å². The summed E-state index contributed by atoms with van der Waals surface area (Å²) in [4.78, 5) is 22.2. The van der Waals surface area contributed by atoms with Crippen LogP contribution in [0.3, 0.4) is 0 Å². The fraction of sp³-hybridized carbons (Fsp3) is 0.750. The van der Waals surface area contributed by atoms with E-state index in [1.54, 1.807) is 20.8 Å². The van der Waals surface area contributed by atoms with Crippen LogP contribution in [0, 0.1) is 0 Å². The van der Waals surface area contributed by atoms with Gasteiger partial charge in [-0.1, -0.05) is 0 Å². The Morgan fingerprint density at radius 1 is 1.36 bits per heavy atom. The first-order valence-corrected chi connectivity index (χ1v) is 3.86. The van der Waals surface area contributed by atoms with Crippen molar-refractivity contribution in [1.82, 2.24) is 4.90 Å². The third-order valence-corrected chi connectivity index (χ3v) is 1.07. The van der Waals surface area contributed by atoms with Gasteiger partial charge < -0.3 is 19.5 Å². The van der Waals surface area contributed by atoms with Crippen LogP contribution in [0.4, 0.5) is 4.79 Å². The van der Waals surface area contributed by atoms with E-state index in [2.05, 4.69) is 0 Å². The first kappa shape index (κ1) is 16.2. The molecule has 0 saturated carbocycles. The van der Waals surface area contributed by atoms with E-state index in [4.69, 9.17) is 4.74 Å². The number of nitrogens with zero attached hydrogens (tertiary/aromatic N) is 1. The van der Waals surface area contributed by atoms with Crippen molar-refractivity contribution in [2.24, 2.45) is 0 Å². The zero-order valence-electron chi connectivity index (χ0n) is 9.29. The monoisotopic (exact) mass is 211 g/mol. The van der Waals surface area contributed by atoms with Gasteiger partial charge in [0.05, 0.1) is 12.5 Å². The Balaban J connectivity index is 0. The number of carbonyl (C=O) groups excluding carboxylic acids is 2. The summed E-state index contributed by atoms with van der Waals surface area (Å²) in [6.45, 7) is 4.65. The van der Waals surface area contributed by atoms with Gasteiger partial charge in [0.15, 0.2) is 0 Å². The zero-order chi connectivity index (χ0) is 10.6. The molecule has 0 atom stereocenters. The van der Waals surface area contributed by atoms with Gasteiger partial charge in [0, 0.05) is 7.05 Å². The minimum Gasteiger partial charge on any atom is -0.548 e. The van der Waals surface area contributed by atoms with Crippen molar-refractivity contribution in [3.63, 3.8) is 0 Å². The largest absolute Gasteiger partial charge is 1.00 e. The van der Waals surface area contributed by atoms with Crippen LogP contribution in [0.1, 0.15) is 20.8 Å². The molecular weight excluding hydrogens is 197 g/mol. The van der Waals surface area contributed by atoms with Crippen molar-refractivity contribution in [1.29, 1.82) is 0 Å². The Hall–Kier alpha value is -0.260. The molecule has 0 radical (unpaired) electrons. The van der Waals surface area contributed by atoms with Gasteiger partial charge in [-0.05, 0) is 20.8 Å². The molecule has 0 N–H and O–H groups in total. The second-order valence-corrected chi connectivity index (χ2v) is 3.71. The number of rotatable bonds is 2. The summed E-state index contributed by atoms with van der Waals surface area (Å²) in [6, 6.07) is 0. The molecule has 0 fully saturated rings. The molecule has 14 heavy (non-hydrogen) atoms. The third-order valence-electron chi connectivity index (χ3n) is 1.07. The molecule has 1 amide bonds. The Bertz CT molecular complexity index is 212. The number of hydrogen-bond donors (Lipinski definition) is 0. The van der Waals surface area contributed by atoms with E-state index in [1.165, 1.54) is 7.05 Å². The first-order chi connectivity index (χ1) is 5.72. The van der Waals surface area contributed by atoms with Gasteiger partial charge >= 0.3 is 35.7 Å². The van der Waals surface area contributed by atoms with Crippen LogP contribution in [-0.4, -0.2) is 36.2 Å². The predicted octanol–water partition coefficient (Wildman–Crippen LogP) is -3.39. The van der Waals surface area contributed by atoms with Crippen molar-refractivity contribution in [3.8, 4) is 0 Å². The first-order valence-electron chi connectivity index (χ1n) is 3.86. The molecule has 0 rings (SSSR count). The molecule has 0 spiro atoms. The molecule has 76 valence electrons. The number of ether oxygens (including phenoxy) is 1. The van der Waals surface area contributed by atoms with Gasteiger partial charge in [-0.25, -0.2) is 4.79 Å². The van der Waals surface area contributed by atoms with Crippen LogP contribution in [0.25, 0.3) is 0 Å². The molecule has 0 aromatic heterocycles. The van der Waals surface area contributed by atoms with Gasteiger partial charge in [-0.2, -0.15) is 0 Å². The fourth-order valence-corrected chi connectivity index (χ4v) is 0.598. The van der Waals surface area contributed by atoms with Gasteiger partial charge in [-0.15, -0.1) is 0 Å². The standard InChI is InChI=1S/C8H15NO4.Na/c1-8(2,3)13-7(12)9(4)5-6(10)11;/h5H2,1-4H3,(H,10,11);/q;+1/p-1. The van der Waals surface area contributed by atoms with E-state index in [-0.39, 0.29) is 29.6 Å². The quantitative estimate of drug-likeness (QED) is 0.447. The maximum atomic E-state index is 11.1. The summed E-state index contributed by atoms with van der Waals surface area (Å²) in [5.74, 6) is -1.31. The topological polar surface area (TPSA) is 69.7 Å². The predicted molar refractivity (Wildman–Crippen MR) is 43.9 cm³/mol. The number of likely N-dealkylation sites (N-methyl/N-ethyl adjacent to an activating group) is 1. The third kappa shape index (κ3) is 8.34. The average Bonchev–Trinajstić information content (AvgIpc) is 1.81. The molecule has 0 heterocycles. The van der Waals surface area contributed by atoms with E-state index >= 15 is 0 Å². The van der Waals surface area contributed by atoms with Crippen LogP contribution < -0.4 is 34.7 Å². The normalized spacial score (nSPS) is 10.0. The van der Waals surface area contributed by atoms with Crippen molar-refractivity contribution in [2.75, 3.05) is 13.6 Å². The number of carbonyl (C=O) groups is 2. The van der Waals surface area contributed by atoms with Crippen molar-refractivity contribution >= 4 is 12.1 Å². The number of hydrogen-bond acceptors (Lipinski definition) is 4. The van der Waals surface area contributed by atoms with Gasteiger partial charge in [0.1, 0.15) is 5.60 Å². The fourth-order valence-electron chi connectivity index (χ4n) is 0.598. The van der Waals surface area contributed by atoms with E-state index in [9.17, 15) is 14.7 Å². The molecule has 0 saturated heterocycles. The van der Waals surface area contributed by atoms with Gasteiger partial charge in [0.2, 0.25) is 0 Å². The number of carboxylic acids is 1. The van der Waals surface area contributed by atoms with Crippen LogP contribution in [0.2, 0.25) is 0 Å². The molecule has 0 aliphatic rings. The van der Waals surface area contributed by atoms with Crippen molar-refractivity contribution in [2.45, 2.75) is 26.4 Å². The molecule has 5 nitrogen and oxygen atoms in total. The minimum atomic E-state index is -1.31. The number of amides is 1. The van der Waals surface area contributed by atoms with Gasteiger partial charge in [0.25, 0.3) is 0 Å². The maximum Gasteiger partial charge on any atom is 1.00 e. The molecule has 0 unspecified atom stereocenters. The summed E-state index contributed by atoms with van der Waals surface area (Å²) in [5.41, 5.74) is -0.614. The Kier molecular flexibility index (Phi) is 7.24. The molecule has 6 heteroatoms. The van der Waals surface area contributed by atoms with E-state index in [0.717, 1.165) is 4.90 Å². The molecule has 0 aliphatic carbocycles. The molecular formula is C8H14NNaO4. The summed E-state index contributed by atoms with van der Waals surface area (Å²) in [5, 5.41) is 10.1. The summed E-state index contributed by atoms with van der Waals surface area (Å²) in [7, 11) is 1.34. The Labute approximate surface area is 106 Å². The SMILES string of the molecule is CN(CC(=O)[O-])C(=O)OC(C)(C)C.[Na+]. The number of carboxylic acid groups (broad SMARTS) is 1. The van der Waals surface area contributed by atoms with Crippen LogP contribution in [0.15, 0.2) is 0 Å². The van der Waals surface area contributed by atoms with Crippen LogP contribution in [-0.2, 0) is 9.53 Å². The van der Waals surface area contributed by atoms with E-state index in [0.29, 0.717) is 0 Å². The Morgan fingerprint density at radius 2 is 1.79 bits per heavy atom. The van der Waals surface area contributed by atoms with Gasteiger partial charge in [-0.3, -0.25) is 0 Å². The molecule has 0 aromatic carbocycles. The average molecular weight is 211 g/mol. The summed E-state index contributed by atoms with van der Waals surface area (Å²) in [6.07, 6.45) is -0.670. The second kappa shape index (κ2) is 6.27. The van der Waals surface area contributed by atoms with Crippen LogP contribution >= 0.6 is 0 Å². The molecule has 0 aromatic rings. The minimum absolute atomic E-state index is 0. The summed E-state index contributed by atoms with van der Waals surface area (Å²) >= 11 is 0. The molecule has 0 bridgehead atoms. The second-order valence-electron chi connectivity index (χ2n) is 3.71. The number of aliphatic carboxylic acids is 1. The Morgan fingerprint density at radius 3 is 2.07 bits per heavy atom. The summed E-state index contributed by atoms with van der Waals surface area (Å²) < 4.78 is 4.90. The van der Waals surface area contributed by atoms with Crippen molar-refractivity contribution in [3.05, 3.63) is 0 Å². The molecule has 0 aliphatic heterocycles. The zero-order valence-corrected chi connectivity index (χ0v) is 11.3. The maximum absolute atomic E-state index is 11.1. The van der Waals surface area contributed by atoms with E-state index < -0.39 is 24.2 Å².